The number of hydrogen-bond acceptors (Lipinski definition) is 1. The van der Waals surface area contributed by atoms with Crippen molar-refractivity contribution in [3.05, 3.63) is 29.3 Å². The summed E-state index contributed by atoms with van der Waals surface area (Å²) in [7, 11) is 1.76. The fourth-order valence-corrected chi connectivity index (χ4v) is 2.53. The van der Waals surface area contributed by atoms with Crippen LogP contribution in [0.2, 0.25) is 0 Å². The van der Waals surface area contributed by atoms with Gasteiger partial charge in [0.05, 0.1) is 7.11 Å². The highest BCUT2D eigenvalue weighted by Gasteiger charge is 2.16. The number of hydrogen-bond donors (Lipinski definition) is 0. The first-order chi connectivity index (χ1) is 7.31. The number of methoxy groups -OCH3 is 1. The van der Waals surface area contributed by atoms with Gasteiger partial charge in [0.15, 0.2) is 0 Å². The van der Waals surface area contributed by atoms with Crippen LogP contribution in [0.15, 0.2) is 18.2 Å². The third kappa shape index (κ3) is 2.34. The summed E-state index contributed by atoms with van der Waals surface area (Å²) in [5.74, 6) is 1.81. The maximum atomic E-state index is 5.38. The van der Waals surface area contributed by atoms with Crippen molar-refractivity contribution >= 4 is 0 Å². The van der Waals surface area contributed by atoms with Gasteiger partial charge in [-0.3, -0.25) is 0 Å². The molecule has 1 heteroatoms. The zero-order chi connectivity index (χ0) is 10.7. The molecule has 0 spiro atoms. The monoisotopic (exact) mass is 204 g/mol. The van der Waals surface area contributed by atoms with E-state index in [0.29, 0.717) is 0 Å². The molecule has 1 fully saturated rings. The van der Waals surface area contributed by atoms with Crippen molar-refractivity contribution in [3.63, 3.8) is 0 Å². The smallest absolute Gasteiger partial charge is 0.122 e. The van der Waals surface area contributed by atoms with Crippen molar-refractivity contribution in [1.82, 2.24) is 0 Å². The Labute approximate surface area is 92.5 Å². The largest absolute Gasteiger partial charge is 0.496 e. The van der Waals surface area contributed by atoms with E-state index in [4.69, 9.17) is 4.74 Å². The van der Waals surface area contributed by atoms with Crippen LogP contribution in [0.1, 0.15) is 49.1 Å². The Morgan fingerprint density at radius 3 is 2.53 bits per heavy atom. The molecule has 0 N–H and O–H groups in total. The van der Waals surface area contributed by atoms with Gasteiger partial charge in [0.25, 0.3) is 0 Å². The van der Waals surface area contributed by atoms with E-state index in [1.807, 2.05) is 0 Å². The molecule has 2 rings (SSSR count). The van der Waals surface area contributed by atoms with Crippen LogP contribution in [0.25, 0.3) is 0 Å². The van der Waals surface area contributed by atoms with Crippen LogP contribution < -0.4 is 4.74 Å². The predicted molar refractivity (Wildman–Crippen MR) is 63.6 cm³/mol. The van der Waals surface area contributed by atoms with Crippen LogP contribution >= 0.6 is 0 Å². The molecule has 1 aromatic carbocycles. The summed E-state index contributed by atoms with van der Waals surface area (Å²) in [5, 5.41) is 0. The first-order valence-electron chi connectivity index (χ1n) is 5.96. The number of aryl methyl sites for hydroxylation is 1. The summed E-state index contributed by atoms with van der Waals surface area (Å²) in [4.78, 5) is 0. The van der Waals surface area contributed by atoms with Gasteiger partial charge in [-0.05, 0) is 42.9 Å². The van der Waals surface area contributed by atoms with Gasteiger partial charge in [0.1, 0.15) is 5.75 Å². The Morgan fingerprint density at radius 1 is 1.13 bits per heavy atom. The van der Waals surface area contributed by atoms with Crippen molar-refractivity contribution in [2.24, 2.45) is 0 Å². The highest BCUT2D eigenvalue weighted by molar-refractivity contribution is 5.38. The molecule has 1 saturated carbocycles. The van der Waals surface area contributed by atoms with E-state index in [9.17, 15) is 0 Å². The standard InChI is InChI=1S/C14H20O/c1-11-8-9-13(10-14(11)15-2)12-6-4-3-5-7-12/h8-10,12H,3-7H2,1-2H3. The Hall–Kier alpha value is -0.980. The fourth-order valence-electron chi connectivity index (χ4n) is 2.53. The Bertz CT molecular complexity index is 324. The van der Waals surface area contributed by atoms with E-state index in [0.717, 1.165) is 11.7 Å². The summed E-state index contributed by atoms with van der Waals surface area (Å²) in [6.45, 7) is 2.10. The van der Waals surface area contributed by atoms with Crippen LogP contribution in [0.4, 0.5) is 0 Å². The second kappa shape index (κ2) is 4.69. The van der Waals surface area contributed by atoms with Crippen LogP contribution in [-0.4, -0.2) is 7.11 Å². The maximum absolute atomic E-state index is 5.38. The lowest BCUT2D eigenvalue weighted by Crippen LogP contribution is -2.04. The molecule has 1 aliphatic rings. The van der Waals surface area contributed by atoms with Gasteiger partial charge in [-0.1, -0.05) is 31.4 Å². The van der Waals surface area contributed by atoms with Gasteiger partial charge < -0.3 is 4.74 Å². The summed E-state index contributed by atoms with van der Waals surface area (Å²) in [5.41, 5.74) is 2.70. The van der Waals surface area contributed by atoms with Crippen LogP contribution in [0, 0.1) is 6.92 Å². The molecule has 0 heterocycles. The van der Waals surface area contributed by atoms with Crippen LogP contribution in [-0.2, 0) is 0 Å². The van der Waals surface area contributed by atoms with Gasteiger partial charge in [-0.2, -0.15) is 0 Å². The van der Waals surface area contributed by atoms with E-state index in [-0.39, 0.29) is 0 Å². The number of ether oxygens (including phenoxy) is 1. The van der Waals surface area contributed by atoms with Crippen molar-refractivity contribution < 1.29 is 4.74 Å². The van der Waals surface area contributed by atoms with Crippen LogP contribution in [0.5, 0.6) is 5.75 Å². The Balaban J connectivity index is 2.20. The average Bonchev–Trinajstić information content (AvgIpc) is 2.31. The van der Waals surface area contributed by atoms with Gasteiger partial charge in [-0.15, -0.1) is 0 Å². The van der Waals surface area contributed by atoms with Crippen molar-refractivity contribution in [2.45, 2.75) is 44.9 Å². The van der Waals surface area contributed by atoms with E-state index < -0.39 is 0 Å². The highest BCUT2D eigenvalue weighted by Crippen LogP contribution is 2.34. The molecular weight excluding hydrogens is 184 g/mol. The molecule has 1 nitrogen and oxygen atoms in total. The first kappa shape index (κ1) is 10.5. The molecule has 0 amide bonds. The molecule has 0 atom stereocenters. The van der Waals surface area contributed by atoms with Gasteiger partial charge in [0, 0.05) is 0 Å². The van der Waals surface area contributed by atoms with Crippen molar-refractivity contribution in [2.75, 3.05) is 7.11 Å². The molecule has 1 aromatic rings. The van der Waals surface area contributed by atoms with E-state index in [1.165, 1.54) is 43.2 Å². The molecule has 0 bridgehead atoms. The third-order valence-electron chi connectivity index (χ3n) is 3.51. The quantitative estimate of drug-likeness (QED) is 0.706. The molecule has 0 aromatic heterocycles. The minimum absolute atomic E-state index is 0.772. The zero-order valence-corrected chi connectivity index (χ0v) is 9.75. The first-order valence-corrected chi connectivity index (χ1v) is 5.96. The SMILES string of the molecule is COc1cc(C2CCCCC2)ccc1C. The summed E-state index contributed by atoms with van der Waals surface area (Å²) >= 11 is 0. The van der Waals surface area contributed by atoms with E-state index >= 15 is 0 Å². The van der Waals surface area contributed by atoms with E-state index in [1.54, 1.807) is 7.11 Å². The molecule has 0 radical (unpaired) electrons. The van der Waals surface area contributed by atoms with Gasteiger partial charge in [0.2, 0.25) is 0 Å². The summed E-state index contributed by atoms with van der Waals surface area (Å²) < 4.78 is 5.38. The van der Waals surface area contributed by atoms with Crippen molar-refractivity contribution in [1.29, 1.82) is 0 Å². The molecular formula is C14H20O. The predicted octanol–water partition coefficient (Wildman–Crippen LogP) is 4.05. The number of rotatable bonds is 2. The molecule has 1 aliphatic carbocycles. The summed E-state index contributed by atoms with van der Waals surface area (Å²) in [6, 6.07) is 6.68. The number of benzene rings is 1. The summed E-state index contributed by atoms with van der Waals surface area (Å²) in [6.07, 6.45) is 6.90. The highest BCUT2D eigenvalue weighted by atomic mass is 16.5. The fraction of sp³-hybridized carbons (Fsp3) is 0.571. The second-order valence-corrected chi connectivity index (χ2v) is 4.56. The lowest BCUT2D eigenvalue weighted by molar-refractivity contribution is 0.407. The molecule has 82 valence electrons. The molecule has 0 unspecified atom stereocenters. The second-order valence-electron chi connectivity index (χ2n) is 4.56. The topological polar surface area (TPSA) is 9.23 Å². The van der Waals surface area contributed by atoms with Gasteiger partial charge >= 0.3 is 0 Å². The normalized spacial score (nSPS) is 17.7. The van der Waals surface area contributed by atoms with Crippen LogP contribution in [0.3, 0.4) is 0 Å². The Kier molecular flexibility index (Phi) is 3.30. The van der Waals surface area contributed by atoms with Crippen molar-refractivity contribution in [3.8, 4) is 5.75 Å². The lowest BCUT2D eigenvalue weighted by atomic mass is 9.84. The minimum atomic E-state index is 0.772. The lowest BCUT2D eigenvalue weighted by Gasteiger charge is -2.22. The zero-order valence-electron chi connectivity index (χ0n) is 9.75. The molecule has 0 aliphatic heterocycles. The van der Waals surface area contributed by atoms with E-state index in [2.05, 4.69) is 25.1 Å². The van der Waals surface area contributed by atoms with Gasteiger partial charge in [-0.25, -0.2) is 0 Å². The Morgan fingerprint density at radius 2 is 1.87 bits per heavy atom. The molecule has 15 heavy (non-hydrogen) atoms. The minimum Gasteiger partial charge on any atom is -0.496 e. The third-order valence-corrected chi connectivity index (χ3v) is 3.51. The maximum Gasteiger partial charge on any atom is 0.122 e. The average molecular weight is 204 g/mol. The molecule has 0 saturated heterocycles.